The Morgan fingerprint density at radius 2 is 1.53 bits per heavy atom. The number of aromatic amines is 1. The zero-order chi connectivity index (χ0) is 21.5. The number of nitrogens with zero attached hydrogens (tertiary/aromatic N) is 2. The number of hydrogen-bond donors (Lipinski definition) is 1. The van der Waals surface area contributed by atoms with E-state index in [0.29, 0.717) is 5.02 Å². The highest BCUT2D eigenvalue weighted by Crippen LogP contribution is 2.30. The fourth-order valence-corrected chi connectivity index (χ4v) is 3.83. The zero-order valence-electron chi connectivity index (χ0n) is 15.7. The lowest BCUT2D eigenvalue weighted by molar-refractivity contribution is -0.137. The van der Waals surface area contributed by atoms with Crippen LogP contribution in [0, 0.1) is 0 Å². The molecule has 1 N–H and O–H groups in total. The molecule has 0 saturated carbocycles. The average molecular weight is 436 g/mol. The highest BCUT2D eigenvalue weighted by atomic mass is 35.5. The molecule has 2 aromatic carbocycles. The van der Waals surface area contributed by atoms with Crippen molar-refractivity contribution >= 4 is 34.3 Å². The minimum absolute atomic E-state index is 0.0248. The summed E-state index contributed by atoms with van der Waals surface area (Å²) in [5.41, 5.74) is 0.151. The van der Waals surface area contributed by atoms with Gasteiger partial charge in [0.15, 0.2) is 0 Å². The predicted molar refractivity (Wildman–Crippen MR) is 107 cm³/mol. The van der Waals surface area contributed by atoms with Crippen LogP contribution in [-0.2, 0) is 6.18 Å². The third-order valence-electron chi connectivity index (χ3n) is 5.15. The summed E-state index contributed by atoms with van der Waals surface area (Å²) >= 11 is 6.35. The highest BCUT2D eigenvalue weighted by Gasteiger charge is 2.32. The van der Waals surface area contributed by atoms with Gasteiger partial charge in [-0.05, 0) is 24.3 Å². The summed E-state index contributed by atoms with van der Waals surface area (Å²) in [6.45, 7) is 0.960. The number of alkyl halides is 3. The number of H-pyrrole nitrogens is 1. The van der Waals surface area contributed by atoms with E-state index < -0.39 is 17.6 Å². The number of para-hydroxylation sites is 1. The lowest BCUT2D eigenvalue weighted by Crippen LogP contribution is -2.50. The van der Waals surface area contributed by atoms with Gasteiger partial charge in [0.1, 0.15) is 5.69 Å². The van der Waals surface area contributed by atoms with E-state index in [1.165, 1.54) is 17.0 Å². The van der Waals surface area contributed by atoms with Gasteiger partial charge in [0.2, 0.25) is 0 Å². The van der Waals surface area contributed by atoms with E-state index in [9.17, 15) is 22.8 Å². The lowest BCUT2D eigenvalue weighted by Gasteiger charge is -2.34. The van der Waals surface area contributed by atoms with Gasteiger partial charge in [-0.25, -0.2) is 0 Å². The van der Waals surface area contributed by atoms with Crippen LogP contribution in [0.4, 0.5) is 13.2 Å². The van der Waals surface area contributed by atoms with Crippen molar-refractivity contribution < 1.29 is 22.8 Å². The Morgan fingerprint density at radius 1 is 0.900 bits per heavy atom. The van der Waals surface area contributed by atoms with Crippen LogP contribution >= 0.6 is 11.6 Å². The Balaban J connectivity index is 1.45. The molecule has 30 heavy (non-hydrogen) atoms. The number of rotatable bonds is 2. The maximum atomic E-state index is 12.9. The largest absolute Gasteiger partial charge is 0.416 e. The number of amides is 2. The number of aromatic nitrogens is 1. The second-order valence-electron chi connectivity index (χ2n) is 7.02. The van der Waals surface area contributed by atoms with E-state index in [1.807, 2.05) is 24.3 Å². The fraction of sp³-hybridized carbons (Fsp3) is 0.238. The molecule has 2 heterocycles. The van der Waals surface area contributed by atoms with Crippen LogP contribution in [0.15, 0.2) is 48.5 Å². The summed E-state index contributed by atoms with van der Waals surface area (Å²) in [4.78, 5) is 31.6. The van der Waals surface area contributed by atoms with E-state index in [4.69, 9.17) is 11.6 Å². The van der Waals surface area contributed by atoms with Crippen molar-refractivity contribution in [2.24, 2.45) is 0 Å². The molecular weight excluding hydrogens is 419 g/mol. The number of fused-ring (bicyclic) bond motifs is 1. The van der Waals surface area contributed by atoms with Gasteiger partial charge in [0.25, 0.3) is 11.8 Å². The number of piperazine rings is 1. The molecule has 1 aliphatic heterocycles. The van der Waals surface area contributed by atoms with Crippen LogP contribution in [0.2, 0.25) is 5.02 Å². The van der Waals surface area contributed by atoms with Crippen LogP contribution in [0.1, 0.15) is 26.4 Å². The first-order valence-electron chi connectivity index (χ1n) is 9.28. The number of benzene rings is 2. The van der Waals surface area contributed by atoms with E-state index in [-0.39, 0.29) is 43.3 Å². The summed E-state index contributed by atoms with van der Waals surface area (Å²) in [5, 5.41) is 1.10. The second-order valence-corrected chi connectivity index (χ2v) is 7.40. The summed E-state index contributed by atoms with van der Waals surface area (Å²) in [6.07, 6.45) is -4.51. The van der Waals surface area contributed by atoms with E-state index in [0.717, 1.165) is 23.0 Å². The Kier molecular flexibility index (Phi) is 5.19. The van der Waals surface area contributed by atoms with Crippen LogP contribution in [-0.4, -0.2) is 52.8 Å². The second kappa shape index (κ2) is 7.68. The van der Waals surface area contributed by atoms with Crippen molar-refractivity contribution in [3.63, 3.8) is 0 Å². The molecule has 0 spiro atoms. The number of nitrogens with one attached hydrogen (secondary N) is 1. The molecule has 0 unspecified atom stereocenters. The molecule has 5 nitrogen and oxygen atoms in total. The van der Waals surface area contributed by atoms with Gasteiger partial charge in [0.05, 0.1) is 10.6 Å². The summed E-state index contributed by atoms with van der Waals surface area (Å²) in [6, 6.07) is 11.7. The number of carbonyl (C=O) groups is 2. The van der Waals surface area contributed by atoms with Crippen LogP contribution < -0.4 is 0 Å². The molecule has 0 bridgehead atoms. The molecular formula is C21H17ClF3N3O2. The smallest absolute Gasteiger partial charge is 0.349 e. The van der Waals surface area contributed by atoms with Gasteiger partial charge in [-0.15, -0.1) is 0 Å². The van der Waals surface area contributed by atoms with Crippen molar-refractivity contribution in [3.05, 3.63) is 70.4 Å². The molecule has 1 fully saturated rings. The molecule has 1 aliphatic rings. The molecule has 4 rings (SSSR count). The molecule has 2 amide bonds. The van der Waals surface area contributed by atoms with Gasteiger partial charge in [-0.3, -0.25) is 9.59 Å². The molecule has 3 aromatic rings. The van der Waals surface area contributed by atoms with Crippen molar-refractivity contribution in [1.29, 1.82) is 0 Å². The standard InChI is InChI=1S/C21H17ClF3N3O2/c22-17-15-6-1-2-7-16(15)26-18(17)20(30)28-10-8-27(9-11-28)19(29)13-4-3-5-14(12-13)21(23,24)25/h1-7,12,26H,8-11H2. The van der Waals surface area contributed by atoms with Crippen molar-refractivity contribution in [3.8, 4) is 0 Å². The van der Waals surface area contributed by atoms with E-state index in [2.05, 4.69) is 4.98 Å². The molecule has 1 aromatic heterocycles. The minimum atomic E-state index is -4.51. The van der Waals surface area contributed by atoms with Crippen molar-refractivity contribution in [1.82, 2.24) is 14.8 Å². The van der Waals surface area contributed by atoms with Gasteiger partial charge in [-0.1, -0.05) is 35.9 Å². The Hall–Kier alpha value is -3.00. The monoisotopic (exact) mass is 435 g/mol. The Morgan fingerprint density at radius 3 is 2.17 bits per heavy atom. The predicted octanol–water partition coefficient (Wildman–Crippen LogP) is 4.44. The third kappa shape index (κ3) is 3.75. The maximum Gasteiger partial charge on any atom is 0.416 e. The van der Waals surface area contributed by atoms with Gasteiger partial charge in [0, 0.05) is 42.6 Å². The van der Waals surface area contributed by atoms with Crippen LogP contribution in [0.3, 0.4) is 0 Å². The SMILES string of the molecule is O=C(c1cccc(C(F)(F)F)c1)N1CCN(C(=O)c2[nH]c3ccccc3c2Cl)CC1. The zero-order valence-corrected chi connectivity index (χ0v) is 16.4. The first kappa shape index (κ1) is 20.3. The molecule has 0 radical (unpaired) electrons. The number of carbonyl (C=O) groups excluding carboxylic acids is 2. The summed E-state index contributed by atoms with van der Waals surface area (Å²) in [7, 11) is 0. The summed E-state index contributed by atoms with van der Waals surface area (Å²) in [5.74, 6) is -0.765. The molecule has 9 heteroatoms. The van der Waals surface area contributed by atoms with Gasteiger partial charge >= 0.3 is 6.18 Å². The van der Waals surface area contributed by atoms with E-state index in [1.54, 1.807) is 4.90 Å². The molecule has 0 atom stereocenters. The molecule has 0 aliphatic carbocycles. The average Bonchev–Trinajstić information content (AvgIpc) is 3.09. The van der Waals surface area contributed by atoms with Crippen molar-refractivity contribution in [2.45, 2.75) is 6.18 Å². The van der Waals surface area contributed by atoms with Gasteiger partial charge in [-0.2, -0.15) is 13.2 Å². The third-order valence-corrected chi connectivity index (χ3v) is 5.54. The van der Waals surface area contributed by atoms with E-state index >= 15 is 0 Å². The normalized spacial score (nSPS) is 14.9. The minimum Gasteiger partial charge on any atom is -0.349 e. The van der Waals surface area contributed by atoms with Crippen LogP contribution in [0.5, 0.6) is 0 Å². The maximum absolute atomic E-state index is 12.9. The van der Waals surface area contributed by atoms with Crippen LogP contribution in [0.25, 0.3) is 10.9 Å². The molecule has 1 saturated heterocycles. The topological polar surface area (TPSA) is 56.4 Å². The Labute approximate surface area is 175 Å². The quantitative estimate of drug-likeness (QED) is 0.647. The summed E-state index contributed by atoms with van der Waals surface area (Å²) < 4.78 is 38.7. The van der Waals surface area contributed by atoms with Crippen molar-refractivity contribution in [2.75, 3.05) is 26.2 Å². The fourth-order valence-electron chi connectivity index (χ4n) is 3.54. The first-order chi connectivity index (χ1) is 14.3. The highest BCUT2D eigenvalue weighted by molar-refractivity contribution is 6.38. The lowest BCUT2D eigenvalue weighted by atomic mass is 10.1. The number of hydrogen-bond acceptors (Lipinski definition) is 2. The first-order valence-corrected chi connectivity index (χ1v) is 9.65. The Bertz CT molecular complexity index is 1120. The molecule has 156 valence electrons. The number of halogens is 4. The van der Waals surface area contributed by atoms with Gasteiger partial charge < -0.3 is 14.8 Å².